The quantitative estimate of drug-likeness (QED) is 0.226. The van der Waals surface area contributed by atoms with Crippen molar-refractivity contribution >= 4 is 42.0 Å². The standard InChI is InChI=1S/C27H31N6O8P/c1-14(2)19(24(34)35)32-42(37)41-21-17-8-6-5-7-15(17)9-10-18(21)39-12-16-11-27(3,36)25(40-16)33-13-29-20-22(33)30-26(28)31-23(20)38-4/h5-10,13-14,16,19,25,36H,11-12H2,1-4H3,(H,34,35)(H2,28,30,31)/t16-,19?,25?,27+/m0/s1. The third-order valence-electron chi connectivity index (χ3n) is 6.89. The van der Waals surface area contributed by atoms with Crippen molar-refractivity contribution < 1.29 is 38.6 Å². The molecule has 4 aromatic rings. The fraction of sp³-hybridized carbons (Fsp3) is 0.407. The molecule has 14 nitrogen and oxygen atoms in total. The average molecular weight is 599 g/mol. The van der Waals surface area contributed by atoms with Gasteiger partial charge in [-0.1, -0.05) is 48.9 Å². The number of hydrogen-bond donors (Lipinski definition) is 3. The Labute approximate surface area is 241 Å². The first-order chi connectivity index (χ1) is 20.0. The SMILES string of the molecule is COc1nc(N)nc2c1ncn2C1O[C@H](COc2ccc3ccccc3c2O/[P+]([O-])=N/C(C(=O)O)C(C)C)C[C@@]1(C)O. The summed E-state index contributed by atoms with van der Waals surface area (Å²) in [4.78, 5) is 37.1. The van der Waals surface area contributed by atoms with Crippen molar-refractivity contribution in [2.45, 2.75) is 51.2 Å². The Morgan fingerprint density at radius 2 is 2.07 bits per heavy atom. The number of aliphatic carboxylic acids is 1. The van der Waals surface area contributed by atoms with Gasteiger partial charge in [-0.25, -0.2) is 9.78 Å². The van der Waals surface area contributed by atoms with Gasteiger partial charge in [-0.3, -0.25) is 9.09 Å². The number of nitrogens with two attached hydrogens (primary N) is 1. The van der Waals surface area contributed by atoms with Crippen molar-refractivity contribution in [2.75, 3.05) is 19.5 Å². The van der Waals surface area contributed by atoms with Gasteiger partial charge in [-0.2, -0.15) is 9.97 Å². The number of nitrogens with zero attached hydrogens (tertiary/aromatic N) is 5. The van der Waals surface area contributed by atoms with Gasteiger partial charge in [0, 0.05) is 11.8 Å². The lowest BCUT2D eigenvalue weighted by atomic mass is 10.0. The zero-order chi connectivity index (χ0) is 30.2. The number of ether oxygens (including phenoxy) is 3. The van der Waals surface area contributed by atoms with Gasteiger partial charge in [0.15, 0.2) is 29.2 Å². The van der Waals surface area contributed by atoms with Crippen molar-refractivity contribution in [1.29, 1.82) is 0 Å². The number of rotatable bonds is 10. The Kier molecular flexibility index (Phi) is 8.15. The van der Waals surface area contributed by atoms with E-state index in [1.165, 1.54) is 13.4 Å². The van der Waals surface area contributed by atoms with E-state index in [0.717, 1.165) is 5.39 Å². The molecule has 0 aliphatic carbocycles. The van der Waals surface area contributed by atoms with Crippen LogP contribution in [0.25, 0.3) is 21.9 Å². The topological polar surface area (TPSA) is 199 Å². The first-order valence-corrected chi connectivity index (χ1v) is 14.3. The Morgan fingerprint density at radius 1 is 1.31 bits per heavy atom. The monoisotopic (exact) mass is 598 g/mol. The van der Waals surface area contributed by atoms with Crippen LogP contribution in [-0.4, -0.2) is 67.2 Å². The van der Waals surface area contributed by atoms with E-state index in [2.05, 4.69) is 19.7 Å². The summed E-state index contributed by atoms with van der Waals surface area (Å²) in [5.41, 5.74) is 5.22. The normalized spacial score (nSPS) is 21.6. The van der Waals surface area contributed by atoms with Gasteiger partial charge in [0.1, 0.15) is 12.2 Å². The number of aliphatic hydroxyl groups is 1. The summed E-state index contributed by atoms with van der Waals surface area (Å²) in [6.45, 7) is 4.99. The predicted octanol–water partition coefficient (Wildman–Crippen LogP) is 3.03. The maximum absolute atomic E-state index is 12.9. The fourth-order valence-corrected chi connectivity index (χ4v) is 5.87. The van der Waals surface area contributed by atoms with Gasteiger partial charge in [0.25, 0.3) is 0 Å². The molecule has 2 aromatic carbocycles. The van der Waals surface area contributed by atoms with Gasteiger partial charge >= 0.3 is 14.1 Å². The zero-order valence-electron chi connectivity index (χ0n) is 23.4. The molecule has 222 valence electrons. The number of hydrogen-bond acceptors (Lipinski definition) is 12. The molecular formula is C27H31N6O8P. The molecular weight excluding hydrogens is 567 g/mol. The van der Waals surface area contributed by atoms with Crippen molar-refractivity contribution in [2.24, 2.45) is 10.7 Å². The number of methoxy groups -OCH3 is 1. The lowest BCUT2D eigenvalue weighted by Crippen LogP contribution is -2.32. The number of carbonyl (C=O) groups is 1. The van der Waals surface area contributed by atoms with Crippen LogP contribution in [-0.2, 0) is 9.53 Å². The summed E-state index contributed by atoms with van der Waals surface area (Å²) < 4.78 is 28.7. The van der Waals surface area contributed by atoms with E-state index in [1.807, 2.05) is 18.2 Å². The number of nitrogen functional groups attached to an aromatic ring is 1. The third-order valence-corrected chi connectivity index (χ3v) is 7.66. The second kappa shape index (κ2) is 11.6. The lowest BCUT2D eigenvalue weighted by molar-refractivity contribution is -0.169. The number of carboxylic acids is 1. The molecule has 1 aliphatic rings. The number of carboxylic acid groups (broad SMARTS) is 1. The van der Waals surface area contributed by atoms with E-state index in [9.17, 15) is 19.9 Å². The molecule has 0 saturated carbocycles. The molecule has 1 aliphatic heterocycles. The molecule has 3 heterocycles. The molecule has 4 N–H and O–H groups in total. The van der Waals surface area contributed by atoms with Gasteiger partial charge in [-0.15, -0.1) is 0 Å². The summed E-state index contributed by atoms with van der Waals surface area (Å²) in [5.74, 6) is -0.975. The molecule has 0 bridgehead atoms. The van der Waals surface area contributed by atoms with E-state index < -0.39 is 38.1 Å². The highest BCUT2D eigenvalue weighted by molar-refractivity contribution is 7.34. The molecule has 42 heavy (non-hydrogen) atoms. The van der Waals surface area contributed by atoms with Gasteiger partial charge in [0.2, 0.25) is 17.6 Å². The third kappa shape index (κ3) is 5.79. The Morgan fingerprint density at radius 3 is 2.79 bits per heavy atom. The Balaban J connectivity index is 1.40. The Hall–Kier alpha value is -4.10. The van der Waals surface area contributed by atoms with Crippen LogP contribution in [0.2, 0.25) is 0 Å². The van der Waals surface area contributed by atoms with Crippen LogP contribution in [0.1, 0.15) is 33.4 Å². The van der Waals surface area contributed by atoms with Crippen molar-refractivity contribution in [3.63, 3.8) is 0 Å². The first-order valence-electron chi connectivity index (χ1n) is 13.1. The smallest absolute Gasteiger partial charge is 0.395 e. The summed E-state index contributed by atoms with van der Waals surface area (Å²) in [5, 5.41) is 22.1. The predicted molar refractivity (Wildman–Crippen MR) is 151 cm³/mol. The minimum Gasteiger partial charge on any atom is -0.575 e. The summed E-state index contributed by atoms with van der Waals surface area (Å²) in [7, 11) is -1.30. The number of fused-ring (bicyclic) bond motifs is 2. The van der Waals surface area contributed by atoms with Crippen LogP contribution in [0.15, 0.2) is 47.5 Å². The van der Waals surface area contributed by atoms with Crippen LogP contribution in [0.3, 0.4) is 0 Å². The van der Waals surface area contributed by atoms with Gasteiger partial charge in [0.05, 0.1) is 19.5 Å². The van der Waals surface area contributed by atoms with E-state index in [4.69, 9.17) is 24.5 Å². The lowest BCUT2D eigenvalue weighted by Gasteiger charge is -2.24. The highest BCUT2D eigenvalue weighted by Gasteiger charge is 2.46. The van der Waals surface area contributed by atoms with E-state index in [-0.39, 0.29) is 42.3 Å². The van der Waals surface area contributed by atoms with Crippen molar-refractivity contribution in [1.82, 2.24) is 19.5 Å². The minimum atomic E-state index is -2.74. The van der Waals surface area contributed by atoms with Gasteiger partial charge < -0.3 is 35.1 Å². The Bertz CT molecular complexity index is 1660. The molecule has 0 radical (unpaired) electrons. The van der Waals surface area contributed by atoms with E-state index >= 15 is 0 Å². The molecule has 5 atom stereocenters. The largest absolute Gasteiger partial charge is 0.575 e. The molecule has 0 amide bonds. The van der Waals surface area contributed by atoms with Crippen LogP contribution in [0, 0.1) is 5.92 Å². The molecule has 3 unspecified atom stereocenters. The van der Waals surface area contributed by atoms with Crippen LogP contribution < -0.4 is 24.6 Å². The molecule has 1 saturated heterocycles. The summed E-state index contributed by atoms with van der Waals surface area (Å²) in [6, 6.07) is 9.55. The van der Waals surface area contributed by atoms with Gasteiger partial charge in [-0.05, 0) is 24.3 Å². The minimum absolute atomic E-state index is 0.00605. The van der Waals surface area contributed by atoms with E-state index in [1.54, 1.807) is 43.5 Å². The molecule has 5 rings (SSSR count). The maximum atomic E-state index is 12.9. The average Bonchev–Trinajstić information content (AvgIpc) is 3.49. The first kappa shape index (κ1) is 29.4. The summed E-state index contributed by atoms with van der Waals surface area (Å²) >= 11 is 0. The molecule has 0 spiro atoms. The second-order valence-corrected chi connectivity index (χ2v) is 11.4. The van der Waals surface area contributed by atoms with Crippen LogP contribution in [0.4, 0.5) is 5.95 Å². The highest BCUT2D eigenvalue weighted by atomic mass is 31.1. The zero-order valence-corrected chi connectivity index (χ0v) is 24.3. The van der Waals surface area contributed by atoms with Crippen molar-refractivity contribution in [3.8, 4) is 17.4 Å². The molecule has 1 fully saturated rings. The highest BCUT2D eigenvalue weighted by Crippen LogP contribution is 2.43. The number of aromatic nitrogens is 4. The maximum Gasteiger partial charge on any atom is 0.395 e. The van der Waals surface area contributed by atoms with E-state index in [0.29, 0.717) is 16.6 Å². The number of anilines is 1. The number of benzene rings is 2. The molecule has 15 heteroatoms. The second-order valence-electron chi connectivity index (χ2n) is 10.5. The van der Waals surface area contributed by atoms with Crippen molar-refractivity contribution in [3.05, 3.63) is 42.7 Å². The number of imidazole rings is 1. The molecule has 2 aromatic heterocycles. The van der Waals surface area contributed by atoms with Crippen LogP contribution >= 0.6 is 8.17 Å². The fourth-order valence-electron chi connectivity index (χ4n) is 4.91. The van der Waals surface area contributed by atoms with Crippen LogP contribution in [0.5, 0.6) is 17.4 Å². The summed E-state index contributed by atoms with van der Waals surface area (Å²) in [6.07, 6.45) is 0.232.